The number of rotatable bonds is 3. The Bertz CT molecular complexity index is 205. The topological polar surface area (TPSA) is 38.3 Å². The maximum absolute atomic E-state index is 11.1. The smallest absolute Gasteiger partial charge is 0.246 e. The summed E-state index contributed by atoms with van der Waals surface area (Å²) in [5.74, 6) is 0.0271. The van der Waals surface area contributed by atoms with Gasteiger partial charge in [-0.05, 0) is 24.7 Å². The van der Waals surface area contributed by atoms with Crippen LogP contribution in [-0.2, 0) is 9.53 Å². The number of nitrogens with one attached hydrogen (secondary N) is 1. The molecule has 68 valence electrons. The summed E-state index contributed by atoms with van der Waals surface area (Å²) in [6.07, 6.45) is 3.49. The molecule has 0 saturated heterocycles. The molecule has 3 saturated carbocycles. The first kappa shape index (κ1) is 8.05. The van der Waals surface area contributed by atoms with Gasteiger partial charge in [0.15, 0.2) is 0 Å². The molecule has 0 aliphatic heterocycles. The van der Waals surface area contributed by atoms with E-state index in [9.17, 15) is 4.79 Å². The third-order valence-electron chi connectivity index (χ3n) is 2.98. The van der Waals surface area contributed by atoms with Gasteiger partial charge < -0.3 is 10.1 Å². The molecule has 1 N–H and O–H groups in total. The van der Waals surface area contributed by atoms with Crippen molar-refractivity contribution in [1.82, 2.24) is 5.32 Å². The number of ether oxygens (including phenoxy) is 1. The standard InChI is InChI=1S/C9H15NO2/c1-8-4-9(5-8,6-8)10-7(11)3-12-2/h3-6H2,1-2H3,(H,10,11). The van der Waals surface area contributed by atoms with E-state index in [0.29, 0.717) is 5.41 Å². The van der Waals surface area contributed by atoms with E-state index in [1.807, 2.05) is 0 Å². The van der Waals surface area contributed by atoms with Crippen LogP contribution in [0.4, 0.5) is 0 Å². The minimum Gasteiger partial charge on any atom is -0.375 e. The van der Waals surface area contributed by atoms with Gasteiger partial charge >= 0.3 is 0 Å². The number of carbonyl (C=O) groups excluding carboxylic acids is 1. The Hall–Kier alpha value is -0.570. The van der Waals surface area contributed by atoms with Gasteiger partial charge in [-0.25, -0.2) is 0 Å². The van der Waals surface area contributed by atoms with Crippen molar-refractivity contribution < 1.29 is 9.53 Å². The lowest BCUT2D eigenvalue weighted by atomic mass is 9.40. The maximum Gasteiger partial charge on any atom is 0.246 e. The Morgan fingerprint density at radius 1 is 1.50 bits per heavy atom. The van der Waals surface area contributed by atoms with Crippen molar-refractivity contribution in [3.8, 4) is 0 Å². The first-order valence-corrected chi connectivity index (χ1v) is 4.38. The van der Waals surface area contributed by atoms with Gasteiger partial charge in [-0.1, -0.05) is 6.92 Å². The Balaban J connectivity index is 1.79. The molecule has 3 aliphatic rings. The SMILES string of the molecule is COCC(=O)NC12CC(C)(C1)C2. The molecule has 3 rings (SSSR count). The fraction of sp³-hybridized carbons (Fsp3) is 0.889. The van der Waals surface area contributed by atoms with Crippen molar-refractivity contribution in [1.29, 1.82) is 0 Å². The van der Waals surface area contributed by atoms with E-state index >= 15 is 0 Å². The second-order valence-corrected chi connectivity index (χ2v) is 4.60. The monoisotopic (exact) mass is 169 g/mol. The van der Waals surface area contributed by atoms with Crippen molar-refractivity contribution in [2.24, 2.45) is 5.41 Å². The van der Waals surface area contributed by atoms with E-state index in [0.717, 1.165) is 19.3 Å². The molecule has 3 nitrogen and oxygen atoms in total. The maximum atomic E-state index is 11.1. The number of hydrogen-bond acceptors (Lipinski definition) is 2. The lowest BCUT2D eigenvalue weighted by Gasteiger charge is -2.69. The highest BCUT2D eigenvalue weighted by Gasteiger charge is 2.65. The molecular formula is C9H15NO2. The van der Waals surface area contributed by atoms with Crippen molar-refractivity contribution in [2.75, 3.05) is 13.7 Å². The van der Waals surface area contributed by atoms with E-state index in [4.69, 9.17) is 4.74 Å². The van der Waals surface area contributed by atoms with Crippen molar-refractivity contribution in [3.63, 3.8) is 0 Å². The lowest BCUT2D eigenvalue weighted by molar-refractivity contribution is -0.158. The summed E-state index contributed by atoms with van der Waals surface area (Å²) in [5.41, 5.74) is 0.727. The molecule has 0 aromatic carbocycles. The summed E-state index contributed by atoms with van der Waals surface area (Å²) in [6, 6.07) is 0. The van der Waals surface area contributed by atoms with Gasteiger partial charge in [0.2, 0.25) is 5.91 Å². The third-order valence-corrected chi connectivity index (χ3v) is 2.98. The lowest BCUT2D eigenvalue weighted by Crippen LogP contribution is -2.73. The van der Waals surface area contributed by atoms with E-state index in [1.165, 1.54) is 0 Å². The number of methoxy groups -OCH3 is 1. The van der Waals surface area contributed by atoms with E-state index in [-0.39, 0.29) is 18.1 Å². The molecule has 0 spiro atoms. The summed E-state index contributed by atoms with van der Waals surface area (Å²) in [6.45, 7) is 2.47. The fourth-order valence-corrected chi connectivity index (χ4v) is 2.89. The first-order valence-electron chi connectivity index (χ1n) is 4.38. The summed E-state index contributed by atoms with van der Waals surface area (Å²) < 4.78 is 4.75. The van der Waals surface area contributed by atoms with Crippen LogP contribution < -0.4 is 5.32 Å². The van der Waals surface area contributed by atoms with Gasteiger partial charge in [0.1, 0.15) is 6.61 Å². The molecule has 0 aromatic rings. The highest BCUT2D eigenvalue weighted by Crippen LogP contribution is 2.66. The first-order chi connectivity index (χ1) is 5.58. The highest BCUT2D eigenvalue weighted by molar-refractivity contribution is 5.78. The van der Waals surface area contributed by atoms with Crippen LogP contribution in [0.2, 0.25) is 0 Å². The molecule has 0 atom stereocenters. The summed E-state index contributed by atoms with van der Waals surface area (Å²) >= 11 is 0. The molecule has 12 heavy (non-hydrogen) atoms. The van der Waals surface area contributed by atoms with Crippen molar-refractivity contribution in [2.45, 2.75) is 31.7 Å². The molecule has 2 bridgehead atoms. The minimum atomic E-state index is 0.0271. The molecule has 3 aliphatic carbocycles. The van der Waals surface area contributed by atoms with Gasteiger partial charge in [-0.15, -0.1) is 0 Å². The van der Waals surface area contributed by atoms with Crippen LogP contribution in [0.3, 0.4) is 0 Å². The molecule has 3 fully saturated rings. The predicted octanol–water partition coefficient (Wildman–Crippen LogP) is 0.692. The van der Waals surface area contributed by atoms with Crippen LogP contribution in [0.5, 0.6) is 0 Å². The second kappa shape index (κ2) is 2.22. The predicted molar refractivity (Wildman–Crippen MR) is 44.7 cm³/mol. The van der Waals surface area contributed by atoms with Crippen LogP contribution >= 0.6 is 0 Å². The largest absolute Gasteiger partial charge is 0.375 e. The van der Waals surface area contributed by atoms with Crippen molar-refractivity contribution in [3.05, 3.63) is 0 Å². The van der Waals surface area contributed by atoms with Crippen LogP contribution in [0, 0.1) is 5.41 Å². The summed E-state index contributed by atoms with van der Waals surface area (Å²) in [4.78, 5) is 11.1. The van der Waals surface area contributed by atoms with E-state index < -0.39 is 0 Å². The molecule has 1 amide bonds. The Kier molecular flexibility index (Phi) is 1.49. The van der Waals surface area contributed by atoms with Crippen LogP contribution in [-0.4, -0.2) is 25.2 Å². The molecule has 0 radical (unpaired) electrons. The molecule has 0 heterocycles. The van der Waals surface area contributed by atoms with Crippen LogP contribution in [0.1, 0.15) is 26.2 Å². The normalized spacial score (nSPS) is 42.8. The van der Waals surface area contributed by atoms with Gasteiger partial charge in [-0.2, -0.15) is 0 Å². The average Bonchev–Trinajstić information content (AvgIpc) is 1.82. The van der Waals surface area contributed by atoms with Gasteiger partial charge in [0.05, 0.1) is 0 Å². The number of carbonyl (C=O) groups is 1. The molecular weight excluding hydrogens is 154 g/mol. The zero-order valence-corrected chi connectivity index (χ0v) is 7.64. The quantitative estimate of drug-likeness (QED) is 0.675. The Labute approximate surface area is 72.5 Å². The van der Waals surface area contributed by atoms with Crippen LogP contribution in [0.15, 0.2) is 0 Å². The fourth-order valence-electron chi connectivity index (χ4n) is 2.89. The van der Waals surface area contributed by atoms with Crippen molar-refractivity contribution >= 4 is 5.91 Å². The van der Waals surface area contributed by atoms with Crippen LogP contribution in [0.25, 0.3) is 0 Å². The zero-order valence-electron chi connectivity index (χ0n) is 7.64. The van der Waals surface area contributed by atoms with E-state index in [1.54, 1.807) is 7.11 Å². The number of amides is 1. The molecule has 0 aromatic heterocycles. The third kappa shape index (κ3) is 1.04. The van der Waals surface area contributed by atoms with E-state index in [2.05, 4.69) is 12.2 Å². The van der Waals surface area contributed by atoms with Gasteiger partial charge in [0.25, 0.3) is 0 Å². The summed E-state index contributed by atoms with van der Waals surface area (Å²) in [5, 5.41) is 3.02. The average molecular weight is 169 g/mol. The zero-order chi connectivity index (χ0) is 8.82. The Morgan fingerprint density at radius 2 is 2.08 bits per heavy atom. The highest BCUT2D eigenvalue weighted by atomic mass is 16.5. The van der Waals surface area contributed by atoms with Gasteiger partial charge in [-0.3, -0.25) is 4.79 Å². The summed E-state index contributed by atoms with van der Waals surface area (Å²) in [7, 11) is 1.54. The molecule has 3 heteroatoms. The second-order valence-electron chi connectivity index (χ2n) is 4.60. The molecule has 0 unspecified atom stereocenters. The van der Waals surface area contributed by atoms with Gasteiger partial charge in [0, 0.05) is 12.6 Å². The minimum absolute atomic E-state index is 0.0271. The Morgan fingerprint density at radius 3 is 2.50 bits per heavy atom. The number of hydrogen-bond donors (Lipinski definition) is 1.